The molecule has 0 saturated heterocycles. The monoisotopic (exact) mass is 457 g/mol. The van der Waals surface area contributed by atoms with Crippen LogP contribution in [0, 0.1) is 5.92 Å². The van der Waals surface area contributed by atoms with Gasteiger partial charge in [-0.05, 0) is 61.6 Å². The van der Waals surface area contributed by atoms with Crippen molar-refractivity contribution in [1.29, 1.82) is 0 Å². The van der Waals surface area contributed by atoms with Crippen molar-refractivity contribution in [3.63, 3.8) is 0 Å². The van der Waals surface area contributed by atoms with Crippen LogP contribution in [0.5, 0.6) is 0 Å². The molecule has 0 bridgehead atoms. The smallest absolute Gasteiger partial charge is 0.158 e. The van der Waals surface area contributed by atoms with Crippen LogP contribution in [0.2, 0.25) is 0 Å². The second-order valence-electron chi connectivity index (χ2n) is 9.16. The Morgan fingerprint density at radius 3 is 1.93 bits per heavy atom. The Morgan fingerprint density at radius 2 is 1.45 bits per heavy atom. The number of hydrogen-bond donors (Lipinski definition) is 0. The third-order valence-corrected chi connectivity index (χ3v) is 9.89. The first-order valence-corrected chi connectivity index (χ1v) is 16.6. The molecule has 0 unspecified atom stereocenters. The molecule has 3 heterocycles. The molecule has 0 radical (unpaired) electrons. The maximum absolute atomic E-state index is 2.52. The molecule has 1 saturated carbocycles. The van der Waals surface area contributed by atoms with E-state index in [4.69, 9.17) is 0 Å². The first-order valence-electron chi connectivity index (χ1n) is 10.7. The van der Waals surface area contributed by atoms with Crippen molar-refractivity contribution in [2.75, 3.05) is 26.2 Å². The highest BCUT2D eigenvalue weighted by Gasteiger charge is 2.36. The second-order valence-corrected chi connectivity index (χ2v) is 17.0. The fourth-order valence-corrected chi connectivity index (χ4v) is 8.72. The highest BCUT2D eigenvalue weighted by molar-refractivity contribution is 7.74. The summed E-state index contributed by atoms with van der Waals surface area (Å²) in [5, 5.41) is 6.76. The van der Waals surface area contributed by atoms with Crippen molar-refractivity contribution in [2.45, 2.75) is 32.1 Å². The van der Waals surface area contributed by atoms with Crippen molar-refractivity contribution in [3.05, 3.63) is 63.0 Å². The van der Waals surface area contributed by atoms with Gasteiger partial charge < -0.3 is 0 Å². The van der Waals surface area contributed by atoms with E-state index in [1.54, 1.807) is 11.0 Å². The molecule has 0 atom stereocenters. The Morgan fingerprint density at radius 1 is 0.862 bits per heavy atom. The Hall–Kier alpha value is -0.665. The zero-order valence-corrected chi connectivity index (χ0v) is 21.1. The summed E-state index contributed by atoms with van der Waals surface area (Å²) >= 11 is 5.78. The molecule has 3 aromatic rings. The predicted octanol–water partition coefficient (Wildman–Crippen LogP) is 6.96. The van der Waals surface area contributed by atoms with Gasteiger partial charge in [-0.2, -0.15) is 22.7 Å². The molecular weight excluding hydrogens is 426 g/mol. The van der Waals surface area contributed by atoms with Crippen LogP contribution in [0.4, 0.5) is 0 Å². The molecule has 29 heavy (non-hydrogen) atoms. The van der Waals surface area contributed by atoms with E-state index in [-0.39, 0.29) is 0 Å². The summed E-state index contributed by atoms with van der Waals surface area (Å²) in [6.07, 6.45) is 8.28. The Bertz CT molecular complexity index is 862. The van der Waals surface area contributed by atoms with Crippen molar-refractivity contribution in [2.24, 2.45) is 5.92 Å². The van der Waals surface area contributed by atoms with E-state index in [2.05, 4.69) is 72.5 Å². The van der Waals surface area contributed by atoms with E-state index >= 15 is 0 Å². The average Bonchev–Trinajstić information content (AvgIpc) is 3.48. The molecule has 4 rings (SSSR count). The summed E-state index contributed by atoms with van der Waals surface area (Å²) < 4.78 is 2.99. The Labute approximate surface area is 189 Å². The molecule has 0 aromatic carbocycles. The summed E-state index contributed by atoms with van der Waals surface area (Å²) in [7, 11) is -0.934. The Balaban J connectivity index is 1.94. The summed E-state index contributed by atoms with van der Waals surface area (Å²) in [5.74, 6) is 0.766. The molecule has 0 N–H and O–H groups in total. The highest BCUT2D eigenvalue weighted by atomic mass is 32.1. The van der Waals surface area contributed by atoms with E-state index in [1.807, 2.05) is 34.0 Å². The van der Waals surface area contributed by atoms with E-state index in [0.29, 0.717) is 6.71 Å². The van der Waals surface area contributed by atoms with Gasteiger partial charge >= 0.3 is 0 Å². The number of rotatable bonds is 7. The van der Waals surface area contributed by atoms with Crippen molar-refractivity contribution in [3.8, 4) is 0 Å². The minimum Gasteiger partial charge on any atom is -0.158 e. The van der Waals surface area contributed by atoms with Gasteiger partial charge in [-0.15, -0.1) is 11.3 Å². The van der Waals surface area contributed by atoms with Crippen molar-refractivity contribution < 1.29 is 0 Å². The SMILES string of the molecule is C[P+](C)(C)C/C(=C(\B(c1cccs1)c1cccs1)c1cccs1)C1CCCCC1. The van der Waals surface area contributed by atoms with Gasteiger partial charge in [0.15, 0.2) is 0 Å². The fraction of sp³-hybridized carbons (Fsp3) is 0.417. The minimum atomic E-state index is -0.934. The topological polar surface area (TPSA) is 0 Å². The molecular formula is C24H31BPS3+. The van der Waals surface area contributed by atoms with Crippen LogP contribution in [0.1, 0.15) is 37.0 Å². The quantitative estimate of drug-likeness (QED) is 0.266. The molecule has 1 fully saturated rings. The van der Waals surface area contributed by atoms with Gasteiger partial charge in [0.05, 0.1) is 6.16 Å². The van der Waals surface area contributed by atoms with Gasteiger partial charge in [0.1, 0.15) is 0 Å². The lowest BCUT2D eigenvalue weighted by atomic mass is 9.40. The summed E-state index contributed by atoms with van der Waals surface area (Å²) in [6, 6.07) is 13.8. The lowest BCUT2D eigenvalue weighted by Crippen LogP contribution is -2.41. The third-order valence-electron chi connectivity index (χ3n) is 5.82. The molecule has 1 aliphatic carbocycles. The van der Waals surface area contributed by atoms with E-state index in [9.17, 15) is 0 Å². The molecule has 152 valence electrons. The second kappa shape index (κ2) is 9.64. The summed E-state index contributed by atoms with van der Waals surface area (Å²) in [4.78, 5) is 1.49. The normalized spacial score (nSPS) is 16.7. The van der Waals surface area contributed by atoms with Crippen LogP contribution in [0.15, 0.2) is 58.1 Å². The van der Waals surface area contributed by atoms with Crippen LogP contribution < -0.4 is 9.55 Å². The molecule has 5 heteroatoms. The maximum Gasteiger partial charge on any atom is 0.267 e. The largest absolute Gasteiger partial charge is 0.267 e. The molecule has 0 amide bonds. The van der Waals surface area contributed by atoms with Crippen LogP contribution in [-0.4, -0.2) is 32.9 Å². The van der Waals surface area contributed by atoms with Gasteiger partial charge in [0.2, 0.25) is 0 Å². The summed E-state index contributed by atoms with van der Waals surface area (Å²) in [6.45, 7) is 7.95. The van der Waals surface area contributed by atoms with Crippen LogP contribution in [0.3, 0.4) is 0 Å². The average molecular weight is 457 g/mol. The Kier molecular flexibility index (Phi) is 7.17. The zero-order chi connectivity index (χ0) is 20.3. The molecule has 1 aliphatic rings. The standard InChI is InChI=1S/C24H31BPS3/c1-26(2,3)18-20(19-10-5-4-6-11-19)24(21-12-7-15-27-21)25(22-13-8-16-28-22)23-14-9-17-29-23/h7-9,12-17,19H,4-6,10-11,18H2,1-3H3/q+1/b24-20+. The van der Waals surface area contributed by atoms with E-state index < -0.39 is 7.26 Å². The highest BCUT2D eigenvalue weighted by Crippen LogP contribution is 2.52. The number of allylic oxidation sites excluding steroid dienone is 1. The maximum atomic E-state index is 2.52. The van der Waals surface area contributed by atoms with Gasteiger partial charge in [-0.3, -0.25) is 0 Å². The van der Waals surface area contributed by atoms with Crippen LogP contribution in [0.25, 0.3) is 5.47 Å². The lowest BCUT2D eigenvalue weighted by molar-refractivity contribution is 0.405. The van der Waals surface area contributed by atoms with Crippen LogP contribution >= 0.6 is 41.3 Å². The first kappa shape index (κ1) is 21.6. The number of thiophene rings is 3. The first-order chi connectivity index (χ1) is 14.0. The molecule has 0 spiro atoms. The van der Waals surface area contributed by atoms with E-state index in [0.717, 1.165) is 5.92 Å². The van der Waals surface area contributed by atoms with Gasteiger partial charge in [-0.1, -0.05) is 49.6 Å². The minimum absolute atomic E-state index is 0.386. The number of hydrogen-bond acceptors (Lipinski definition) is 3. The predicted molar refractivity (Wildman–Crippen MR) is 141 cm³/mol. The zero-order valence-electron chi connectivity index (χ0n) is 17.8. The van der Waals surface area contributed by atoms with Crippen molar-refractivity contribution in [1.82, 2.24) is 0 Å². The van der Waals surface area contributed by atoms with Crippen molar-refractivity contribution >= 4 is 63.0 Å². The van der Waals surface area contributed by atoms with Gasteiger partial charge in [0.25, 0.3) is 6.71 Å². The summed E-state index contributed by atoms with van der Waals surface area (Å²) in [5.41, 5.74) is 3.44. The fourth-order valence-electron chi connectivity index (χ4n) is 4.65. The van der Waals surface area contributed by atoms with Gasteiger partial charge in [-0.25, -0.2) is 0 Å². The van der Waals surface area contributed by atoms with Gasteiger partial charge in [0, 0.05) is 32.1 Å². The third kappa shape index (κ3) is 5.34. The lowest BCUT2D eigenvalue weighted by Gasteiger charge is -2.30. The van der Waals surface area contributed by atoms with E-state index in [1.165, 1.54) is 52.7 Å². The van der Waals surface area contributed by atoms with Crippen LogP contribution in [-0.2, 0) is 0 Å². The molecule has 0 aliphatic heterocycles. The molecule has 3 aromatic heterocycles. The molecule has 0 nitrogen and oxygen atoms in total.